The molecular formula is C23H30ClF3N6O. The number of alkyl halides is 3. The molecule has 1 aliphatic heterocycles. The van der Waals surface area contributed by atoms with Gasteiger partial charge in [-0.2, -0.15) is 23.1 Å². The van der Waals surface area contributed by atoms with Gasteiger partial charge in [-0.25, -0.2) is 0 Å². The van der Waals surface area contributed by atoms with Gasteiger partial charge in [0.25, 0.3) is 0 Å². The van der Waals surface area contributed by atoms with Crippen molar-refractivity contribution in [3.63, 3.8) is 0 Å². The Morgan fingerprint density at radius 1 is 1.24 bits per heavy atom. The molecule has 4 N–H and O–H groups in total. The maximum absolute atomic E-state index is 12.9. The van der Waals surface area contributed by atoms with E-state index >= 15 is 0 Å². The number of hydrogen-bond acceptors (Lipinski definition) is 7. The summed E-state index contributed by atoms with van der Waals surface area (Å²) in [6.45, 7) is 6.35. The Bertz CT molecular complexity index is 1020. The number of aromatic nitrogens is 2. The molecule has 4 rings (SSSR count). The number of hydrogen-bond donors (Lipinski definition) is 3. The molecule has 186 valence electrons. The summed E-state index contributed by atoms with van der Waals surface area (Å²) in [4.78, 5) is 12.9. The van der Waals surface area contributed by atoms with Crippen LogP contribution in [0.4, 0.5) is 30.5 Å². The number of benzene rings is 1. The highest BCUT2D eigenvalue weighted by atomic mass is 35.5. The fourth-order valence-electron chi connectivity index (χ4n) is 4.61. The molecule has 11 heteroatoms. The monoisotopic (exact) mass is 498 g/mol. The van der Waals surface area contributed by atoms with E-state index in [2.05, 4.69) is 25.1 Å². The maximum atomic E-state index is 12.9. The van der Waals surface area contributed by atoms with Crippen LogP contribution < -0.4 is 16.0 Å². The van der Waals surface area contributed by atoms with Crippen LogP contribution in [0.15, 0.2) is 24.3 Å². The van der Waals surface area contributed by atoms with Gasteiger partial charge in [0.15, 0.2) is 11.6 Å². The summed E-state index contributed by atoms with van der Waals surface area (Å²) in [6, 6.07) is 5.33. The summed E-state index contributed by atoms with van der Waals surface area (Å²) < 4.78 is 38.7. The molecule has 2 unspecified atom stereocenters. The molecule has 1 aromatic heterocycles. The maximum Gasteiger partial charge on any atom is 0.416 e. The van der Waals surface area contributed by atoms with Gasteiger partial charge in [0, 0.05) is 38.3 Å². The molecule has 2 fully saturated rings. The first kappa shape index (κ1) is 24.8. The lowest BCUT2D eigenvalue weighted by atomic mass is 9.80. The van der Waals surface area contributed by atoms with Crippen LogP contribution in [0.2, 0.25) is 5.28 Å². The van der Waals surface area contributed by atoms with Crippen LogP contribution in [-0.4, -0.2) is 57.8 Å². The number of rotatable bonds is 6. The van der Waals surface area contributed by atoms with Crippen LogP contribution in [0.3, 0.4) is 0 Å². The standard InChI is InChI=1S/C23H30ClF3N6O/c1-14-12-32(15(2)16-4-6-17(7-5-16)23(25,26)27)10-11-33(14)20-18(28)19(30-21(24)31-20)29-13-22(34)8-3-9-22/h4-7,14-15,34H,3,8-13,28H2,1-2H3,(H,29,30,31). The first-order valence-corrected chi connectivity index (χ1v) is 11.8. The second-order valence-electron chi connectivity index (χ2n) is 9.34. The molecule has 0 spiro atoms. The minimum atomic E-state index is -4.34. The van der Waals surface area contributed by atoms with Crippen molar-refractivity contribution >= 4 is 28.9 Å². The largest absolute Gasteiger partial charge is 0.416 e. The van der Waals surface area contributed by atoms with Gasteiger partial charge in [-0.3, -0.25) is 4.90 Å². The van der Waals surface area contributed by atoms with Crippen LogP contribution in [0.1, 0.15) is 50.3 Å². The molecule has 1 saturated carbocycles. The lowest BCUT2D eigenvalue weighted by Crippen LogP contribution is -2.53. The number of nitrogens with one attached hydrogen (secondary N) is 1. The fourth-order valence-corrected chi connectivity index (χ4v) is 4.77. The normalized spacial score (nSPS) is 21.7. The zero-order valence-corrected chi connectivity index (χ0v) is 20.0. The van der Waals surface area contributed by atoms with E-state index in [1.165, 1.54) is 0 Å². The lowest BCUT2D eigenvalue weighted by Gasteiger charge is -2.43. The van der Waals surface area contributed by atoms with Crippen LogP contribution >= 0.6 is 11.6 Å². The van der Waals surface area contributed by atoms with Crippen molar-refractivity contribution in [2.24, 2.45) is 0 Å². The van der Waals surface area contributed by atoms with E-state index in [1.54, 1.807) is 12.1 Å². The molecule has 2 aromatic rings. The van der Waals surface area contributed by atoms with E-state index in [0.29, 0.717) is 43.5 Å². The highest BCUT2D eigenvalue weighted by molar-refractivity contribution is 6.28. The van der Waals surface area contributed by atoms with Gasteiger partial charge in [-0.05, 0) is 62.4 Å². The fraction of sp³-hybridized carbons (Fsp3) is 0.565. The van der Waals surface area contributed by atoms with Gasteiger partial charge in [-0.1, -0.05) is 12.1 Å². The summed E-state index contributed by atoms with van der Waals surface area (Å²) in [5, 5.41) is 13.6. The molecule has 2 heterocycles. The quantitative estimate of drug-likeness (QED) is 0.511. The number of piperazine rings is 1. The molecule has 34 heavy (non-hydrogen) atoms. The lowest BCUT2D eigenvalue weighted by molar-refractivity contribution is -0.137. The van der Waals surface area contributed by atoms with Crippen molar-refractivity contribution in [1.29, 1.82) is 0 Å². The predicted octanol–water partition coefficient (Wildman–Crippen LogP) is 4.33. The number of halogens is 4. The first-order chi connectivity index (χ1) is 16.0. The van der Waals surface area contributed by atoms with Crippen molar-refractivity contribution in [2.75, 3.05) is 42.1 Å². The van der Waals surface area contributed by atoms with Crippen molar-refractivity contribution in [1.82, 2.24) is 14.9 Å². The summed E-state index contributed by atoms with van der Waals surface area (Å²) in [5.41, 5.74) is 6.22. The van der Waals surface area contributed by atoms with Crippen molar-refractivity contribution in [3.05, 3.63) is 40.7 Å². The Balaban J connectivity index is 1.45. The average Bonchev–Trinajstić information content (AvgIpc) is 2.77. The molecule has 1 aromatic carbocycles. The van der Waals surface area contributed by atoms with Crippen LogP contribution in [0.5, 0.6) is 0 Å². The second kappa shape index (κ2) is 9.39. The Hall–Kier alpha value is -2.30. The third-order valence-electron chi connectivity index (χ3n) is 6.97. The third kappa shape index (κ3) is 5.18. The summed E-state index contributed by atoms with van der Waals surface area (Å²) in [5.74, 6) is 0.945. The zero-order chi connectivity index (χ0) is 24.7. The van der Waals surface area contributed by atoms with E-state index in [1.807, 2.05) is 13.8 Å². The van der Waals surface area contributed by atoms with E-state index < -0.39 is 17.3 Å². The van der Waals surface area contributed by atoms with Gasteiger partial charge in [-0.15, -0.1) is 0 Å². The van der Waals surface area contributed by atoms with Crippen molar-refractivity contribution in [2.45, 2.75) is 57.0 Å². The molecule has 2 atom stereocenters. The zero-order valence-electron chi connectivity index (χ0n) is 19.2. The number of nitrogens with zero attached hydrogens (tertiary/aromatic N) is 4. The molecule has 7 nitrogen and oxygen atoms in total. The Morgan fingerprint density at radius 2 is 1.91 bits per heavy atom. The molecule has 0 amide bonds. The number of nitrogen functional groups attached to an aromatic ring is 1. The molecule has 1 saturated heterocycles. The second-order valence-corrected chi connectivity index (χ2v) is 9.68. The van der Waals surface area contributed by atoms with Gasteiger partial charge >= 0.3 is 6.18 Å². The smallest absolute Gasteiger partial charge is 0.393 e. The molecular weight excluding hydrogens is 469 g/mol. The number of nitrogens with two attached hydrogens (primary N) is 1. The summed E-state index contributed by atoms with van der Waals surface area (Å²) in [6.07, 6.45) is -1.87. The van der Waals surface area contributed by atoms with Gasteiger partial charge < -0.3 is 21.1 Å². The van der Waals surface area contributed by atoms with Crippen LogP contribution in [-0.2, 0) is 6.18 Å². The predicted molar refractivity (Wildman–Crippen MR) is 127 cm³/mol. The van der Waals surface area contributed by atoms with Crippen LogP contribution in [0.25, 0.3) is 0 Å². The highest BCUT2D eigenvalue weighted by Gasteiger charge is 2.35. The highest BCUT2D eigenvalue weighted by Crippen LogP contribution is 2.36. The van der Waals surface area contributed by atoms with Crippen molar-refractivity contribution in [3.8, 4) is 0 Å². The Morgan fingerprint density at radius 3 is 2.47 bits per heavy atom. The van der Waals surface area contributed by atoms with E-state index in [-0.39, 0.29) is 17.4 Å². The number of anilines is 3. The molecule has 0 radical (unpaired) electrons. The molecule has 2 aliphatic rings. The number of aliphatic hydroxyl groups is 1. The Kier molecular flexibility index (Phi) is 6.85. The minimum absolute atomic E-state index is 0.0302. The molecule has 0 bridgehead atoms. The van der Waals surface area contributed by atoms with Crippen LogP contribution in [0, 0.1) is 0 Å². The van der Waals surface area contributed by atoms with Gasteiger partial charge in [0.05, 0.1) is 11.2 Å². The van der Waals surface area contributed by atoms with E-state index in [0.717, 1.165) is 37.0 Å². The summed E-state index contributed by atoms with van der Waals surface area (Å²) in [7, 11) is 0. The summed E-state index contributed by atoms with van der Waals surface area (Å²) >= 11 is 6.19. The SMILES string of the molecule is CC(c1ccc(C(F)(F)F)cc1)N1CCN(c2nc(Cl)nc(NCC3(O)CCC3)c2N)C(C)C1. The van der Waals surface area contributed by atoms with Gasteiger partial charge in [0.1, 0.15) is 5.69 Å². The average molecular weight is 499 g/mol. The van der Waals surface area contributed by atoms with Crippen molar-refractivity contribution < 1.29 is 18.3 Å². The minimum Gasteiger partial charge on any atom is -0.393 e. The van der Waals surface area contributed by atoms with E-state index in [4.69, 9.17) is 17.3 Å². The Labute approximate surface area is 202 Å². The third-order valence-corrected chi connectivity index (χ3v) is 7.14. The molecule has 1 aliphatic carbocycles. The van der Waals surface area contributed by atoms with Gasteiger partial charge in [0.2, 0.25) is 5.28 Å². The topological polar surface area (TPSA) is 90.5 Å². The first-order valence-electron chi connectivity index (χ1n) is 11.4. The van der Waals surface area contributed by atoms with E-state index in [9.17, 15) is 18.3 Å².